The van der Waals surface area contributed by atoms with Crippen molar-refractivity contribution in [2.24, 2.45) is 0 Å². The first kappa shape index (κ1) is 16.3. The van der Waals surface area contributed by atoms with Crippen LogP contribution in [0.4, 0.5) is 0 Å². The third-order valence-corrected chi connectivity index (χ3v) is 4.74. The van der Waals surface area contributed by atoms with Crippen LogP contribution in [0.2, 0.25) is 5.02 Å². The molecule has 0 atom stereocenters. The van der Waals surface area contributed by atoms with E-state index in [2.05, 4.69) is 29.5 Å². The summed E-state index contributed by atoms with van der Waals surface area (Å²) in [6, 6.07) is 15.5. The van der Waals surface area contributed by atoms with Gasteiger partial charge in [0.2, 0.25) is 0 Å². The molecule has 21 heavy (non-hydrogen) atoms. The van der Waals surface area contributed by atoms with Crippen molar-refractivity contribution in [2.45, 2.75) is 19.9 Å². The zero-order valence-corrected chi connectivity index (χ0v) is 14.8. The predicted octanol–water partition coefficient (Wildman–Crippen LogP) is 5.00. The molecule has 0 saturated heterocycles. The molecular formula is C17H17ClINO. The third kappa shape index (κ3) is 4.45. The number of hydrogen-bond donors (Lipinski definition) is 0. The third-order valence-electron chi connectivity index (χ3n) is 3.16. The first-order valence-corrected chi connectivity index (χ1v) is 8.35. The summed E-state index contributed by atoms with van der Waals surface area (Å²) in [7, 11) is 0. The molecule has 4 heteroatoms. The van der Waals surface area contributed by atoms with E-state index in [0.29, 0.717) is 17.1 Å². The number of halogens is 2. The summed E-state index contributed by atoms with van der Waals surface area (Å²) in [5.41, 5.74) is 1.78. The van der Waals surface area contributed by atoms with Crippen molar-refractivity contribution >= 4 is 40.1 Å². The van der Waals surface area contributed by atoms with E-state index in [0.717, 1.165) is 22.1 Å². The molecule has 2 nitrogen and oxygen atoms in total. The van der Waals surface area contributed by atoms with E-state index in [1.807, 2.05) is 47.4 Å². The van der Waals surface area contributed by atoms with Crippen molar-refractivity contribution < 1.29 is 4.79 Å². The highest BCUT2D eigenvalue weighted by molar-refractivity contribution is 14.1. The second-order valence-electron chi connectivity index (χ2n) is 4.84. The minimum absolute atomic E-state index is 0.0269. The van der Waals surface area contributed by atoms with Crippen molar-refractivity contribution in [2.75, 3.05) is 6.54 Å². The number of nitrogens with zero attached hydrogens (tertiary/aromatic N) is 1. The largest absolute Gasteiger partial charge is 0.334 e. The van der Waals surface area contributed by atoms with Gasteiger partial charge in [-0.2, -0.15) is 0 Å². The molecule has 0 N–H and O–H groups in total. The molecule has 0 unspecified atom stereocenters. The van der Waals surface area contributed by atoms with Crippen molar-refractivity contribution in [3.8, 4) is 0 Å². The van der Waals surface area contributed by atoms with Gasteiger partial charge in [0, 0.05) is 22.2 Å². The molecule has 2 aromatic carbocycles. The van der Waals surface area contributed by atoms with Gasteiger partial charge in [-0.3, -0.25) is 4.79 Å². The van der Waals surface area contributed by atoms with Crippen LogP contribution in [0, 0.1) is 3.57 Å². The lowest BCUT2D eigenvalue weighted by atomic mass is 10.1. The normalized spacial score (nSPS) is 10.4. The fourth-order valence-corrected chi connectivity index (χ4v) is 2.65. The van der Waals surface area contributed by atoms with E-state index in [4.69, 9.17) is 11.6 Å². The van der Waals surface area contributed by atoms with E-state index < -0.39 is 0 Å². The van der Waals surface area contributed by atoms with Crippen LogP contribution >= 0.6 is 34.2 Å². The van der Waals surface area contributed by atoms with Gasteiger partial charge in [0.15, 0.2) is 0 Å². The van der Waals surface area contributed by atoms with Gasteiger partial charge in [0.25, 0.3) is 5.91 Å². The maximum absolute atomic E-state index is 12.7. The summed E-state index contributed by atoms with van der Waals surface area (Å²) < 4.78 is 0.955. The predicted molar refractivity (Wildman–Crippen MR) is 95.6 cm³/mol. The summed E-state index contributed by atoms with van der Waals surface area (Å²) in [5, 5.41) is 0.623. The summed E-state index contributed by atoms with van der Waals surface area (Å²) in [4.78, 5) is 14.5. The monoisotopic (exact) mass is 413 g/mol. The molecule has 0 aromatic heterocycles. The molecule has 0 fully saturated rings. The Morgan fingerprint density at radius 2 is 1.90 bits per heavy atom. The van der Waals surface area contributed by atoms with E-state index >= 15 is 0 Å². The fourth-order valence-electron chi connectivity index (χ4n) is 2.14. The highest BCUT2D eigenvalue weighted by Gasteiger charge is 2.16. The molecule has 0 bridgehead atoms. The number of hydrogen-bond acceptors (Lipinski definition) is 1. The van der Waals surface area contributed by atoms with Gasteiger partial charge in [-0.25, -0.2) is 0 Å². The second kappa shape index (κ2) is 7.80. The lowest BCUT2D eigenvalue weighted by Crippen LogP contribution is -2.31. The Hall–Kier alpha value is -1.07. The van der Waals surface area contributed by atoms with Gasteiger partial charge in [0.1, 0.15) is 0 Å². The van der Waals surface area contributed by atoms with E-state index in [1.54, 1.807) is 6.07 Å². The summed E-state index contributed by atoms with van der Waals surface area (Å²) in [5.74, 6) is 0.0269. The number of rotatable bonds is 5. The van der Waals surface area contributed by atoms with E-state index in [-0.39, 0.29) is 5.91 Å². The molecule has 0 spiro atoms. The lowest BCUT2D eigenvalue weighted by molar-refractivity contribution is 0.0743. The van der Waals surface area contributed by atoms with Crippen LogP contribution in [0.5, 0.6) is 0 Å². The summed E-state index contributed by atoms with van der Waals surface area (Å²) in [6.07, 6.45) is 0.927. The Bertz CT molecular complexity index is 615. The van der Waals surface area contributed by atoms with Crippen molar-refractivity contribution in [1.82, 2.24) is 4.90 Å². The highest BCUT2D eigenvalue weighted by atomic mass is 127. The van der Waals surface area contributed by atoms with Gasteiger partial charge >= 0.3 is 0 Å². The average Bonchev–Trinajstić information content (AvgIpc) is 2.50. The van der Waals surface area contributed by atoms with Crippen molar-refractivity contribution in [3.63, 3.8) is 0 Å². The van der Waals surface area contributed by atoms with Gasteiger partial charge in [-0.1, -0.05) is 48.9 Å². The topological polar surface area (TPSA) is 20.3 Å². The van der Waals surface area contributed by atoms with Crippen LogP contribution in [0.15, 0.2) is 48.5 Å². The quantitative estimate of drug-likeness (QED) is 0.632. The maximum atomic E-state index is 12.7. The zero-order valence-electron chi connectivity index (χ0n) is 11.9. The Morgan fingerprint density at radius 3 is 2.52 bits per heavy atom. The van der Waals surface area contributed by atoms with Crippen LogP contribution in [0.1, 0.15) is 29.3 Å². The lowest BCUT2D eigenvalue weighted by Gasteiger charge is -2.22. The van der Waals surface area contributed by atoms with Crippen molar-refractivity contribution in [1.29, 1.82) is 0 Å². The first-order valence-electron chi connectivity index (χ1n) is 6.90. The Balaban J connectivity index is 2.20. The molecular weight excluding hydrogens is 397 g/mol. The van der Waals surface area contributed by atoms with Crippen LogP contribution in [-0.2, 0) is 6.54 Å². The zero-order chi connectivity index (χ0) is 15.2. The molecule has 0 radical (unpaired) electrons. The Morgan fingerprint density at radius 1 is 1.19 bits per heavy atom. The number of amides is 1. The minimum Gasteiger partial charge on any atom is -0.334 e. The highest BCUT2D eigenvalue weighted by Crippen LogP contribution is 2.21. The standard InChI is InChI=1S/C17H17ClINO/c1-2-10-20(12-13-6-4-3-5-7-13)17(21)14-8-9-16(19)15(18)11-14/h3-9,11H,2,10,12H2,1H3. The van der Waals surface area contributed by atoms with Gasteiger partial charge in [-0.05, 0) is 52.8 Å². The Labute approximate surface area is 144 Å². The van der Waals surface area contributed by atoms with Crippen molar-refractivity contribution in [3.05, 3.63) is 68.3 Å². The molecule has 2 aromatic rings. The van der Waals surface area contributed by atoms with Crippen LogP contribution in [0.25, 0.3) is 0 Å². The SMILES string of the molecule is CCCN(Cc1ccccc1)C(=O)c1ccc(I)c(Cl)c1. The smallest absolute Gasteiger partial charge is 0.254 e. The minimum atomic E-state index is 0.0269. The number of carbonyl (C=O) groups excluding carboxylic acids is 1. The van der Waals surface area contributed by atoms with E-state index in [9.17, 15) is 4.79 Å². The number of benzene rings is 2. The first-order chi connectivity index (χ1) is 10.1. The summed E-state index contributed by atoms with van der Waals surface area (Å²) in [6.45, 7) is 3.43. The average molecular weight is 414 g/mol. The molecule has 2 rings (SSSR count). The Kier molecular flexibility index (Phi) is 6.06. The fraction of sp³-hybridized carbons (Fsp3) is 0.235. The van der Waals surface area contributed by atoms with Crippen LogP contribution in [0.3, 0.4) is 0 Å². The number of carbonyl (C=O) groups is 1. The molecule has 0 saturated carbocycles. The van der Waals surface area contributed by atoms with Crippen LogP contribution in [-0.4, -0.2) is 17.4 Å². The van der Waals surface area contributed by atoms with Gasteiger partial charge < -0.3 is 4.90 Å². The van der Waals surface area contributed by atoms with E-state index in [1.165, 1.54) is 0 Å². The maximum Gasteiger partial charge on any atom is 0.254 e. The molecule has 0 aliphatic carbocycles. The van der Waals surface area contributed by atoms with Gasteiger partial charge in [0.05, 0.1) is 5.02 Å². The second-order valence-corrected chi connectivity index (χ2v) is 6.41. The molecule has 110 valence electrons. The molecule has 0 aliphatic heterocycles. The summed E-state index contributed by atoms with van der Waals surface area (Å²) >= 11 is 8.28. The molecule has 0 heterocycles. The molecule has 1 amide bonds. The van der Waals surface area contributed by atoms with Gasteiger partial charge in [-0.15, -0.1) is 0 Å². The van der Waals surface area contributed by atoms with Crippen LogP contribution < -0.4 is 0 Å². The molecule has 0 aliphatic rings.